The van der Waals surface area contributed by atoms with Gasteiger partial charge in [-0.3, -0.25) is 10.1 Å². The summed E-state index contributed by atoms with van der Waals surface area (Å²) < 4.78 is 5.40. The zero-order valence-corrected chi connectivity index (χ0v) is 10.3. The lowest BCUT2D eigenvalue weighted by Crippen LogP contribution is -2.31. The first-order valence-corrected chi connectivity index (χ1v) is 5.46. The Bertz CT molecular complexity index is 415. The second kappa shape index (κ2) is 5.14. The molecule has 1 rings (SSSR count). The second-order valence-corrected chi connectivity index (χ2v) is 4.34. The number of hydrogen-bond donors (Lipinski definition) is 1. The van der Waals surface area contributed by atoms with Crippen LogP contribution in [0, 0.1) is 17.0 Å². The lowest BCUT2D eigenvalue weighted by molar-refractivity contribution is -0.385. The Labute approximate surface area is 100 Å². The fourth-order valence-electron chi connectivity index (χ4n) is 1.26. The molecule has 0 radical (unpaired) electrons. The Balaban J connectivity index is 2.75. The smallest absolute Gasteiger partial charge is 0.272 e. The number of nitro groups is 1. The maximum absolute atomic E-state index is 10.6. The van der Waals surface area contributed by atoms with E-state index in [1.165, 1.54) is 12.1 Å². The highest BCUT2D eigenvalue weighted by Gasteiger charge is 2.19. The van der Waals surface area contributed by atoms with Crippen molar-refractivity contribution in [3.8, 4) is 5.75 Å². The van der Waals surface area contributed by atoms with Gasteiger partial charge in [0.1, 0.15) is 12.4 Å². The van der Waals surface area contributed by atoms with Gasteiger partial charge in [0, 0.05) is 11.6 Å². The van der Waals surface area contributed by atoms with Gasteiger partial charge < -0.3 is 9.84 Å². The number of rotatable bonds is 5. The van der Waals surface area contributed by atoms with Crippen molar-refractivity contribution in [3.05, 3.63) is 33.9 Å². The van der Waals surface area contributed by atoms with Crippen LogP contribution in [0.4, 0.5) is 5.69 Å². The molecule has 0 aliphatic carbocycles. The maximum atomic E-state index is 10.6. The zero-order valence-electron chi connectivity index (χ0n) is 10.3. The van der Waals surface area contributed by atoms with E-state index in [1.54, 1.807) is 19.9 Å². The van der Waals surface area contributed by atoms with Crippen molar-refractivity contribution in [2.75, 3.05) is 6.61 Å². The SMILES string of the molecule is CCC(C)(O)COc1ccc([N+](=O)[O-])c(C)c1. The Morgan fingerprint density at radius 3 is 2.65 bits per heavy atom. The molecule has 94 valence electrons. The highest BCUT2D eigenvalue weighted by atomic mass is 16.6. The molecule has 0 fully saturated rings. The molecule has 0 aliphatic heterocycles. The number of ether oxygens (including phenoxy) is 1. The van der Waals surface area contributed by atoms with E-state index in [2.05, 4.69) is 0 Å². The number of aryl methyl sites for hydroxylation is 1. The summed E-state index contributed by atoms with van der Waals surface area (Å²) in [7, 11) is 0. The second-order valence-electron chi connectivity index (χ2n) is 4.34. The summed E-state index contributed by atoms with van der Waals surface area (Å²) in [6.07, 6.45) is 0.582. The summed E-state index contributed by atoms with van der Waals surface area (Å²) in [6, 6.07) is 4.55. The number of hydrogen-bond acceptors (Lipinski definition) is 4. The van der Waals surface area contributed by atoms with E-state index in [0.29, 0.717) is 17.7 Å². The summed E-state index contributed by atoms with van der Waals surface area (Å²) in [4.78, 5) is 10.2. The average molecular weight is 239 g/mol. The van der Waals surface area contributed by atoms with Gasteiger partial charge in [-0.2, -0.15) is 0 Å². The van der Waals surface area contributed by atoms with Crippen molar-refractivity contribution in [2.24, 2.45) is 0 Å². The topological polar surface area (TPSA) is 72.6 Å². The first-order chi connectivity index (χ1) is 7.85. The molecule has 0 aliphatic rings. The first kappa shape index (κ1) is 13.4. The molecular formula is C12H17NO4. The van der Waals surface area contributed by atoms with Gasteiger partial charge in [-0.05, 0) is 32.4 Å². The van der Waals surface area contributed by atoms with Crippen LogP contribution in [0.15, 0.2) is 18.2 Å². The molecule has 5 heteroatoms. The molecule has 0 saturated heterocycles. The van der Waals surface area contributed by atoms with Gasteiger partial charge in [0.25, 0.3) is 5.69 Å². The third kappa shape index (κ3) is 3.71. The van der Waals surface area contributed by atoms with E-state index in [9.17, 15) is 15.2 Å². The first-order valence-electron chi connectivity index (χ1n) is 5.46. The molecule has 1 N–H and O–H groups in total. The van der Waals surface area contributed by atoms with Crippen LogP contribution in [0.25, 0.3) is 0 Å². The summed E-state index contributed by atoms with van der Waals surface area (Å²) in [5.74, 6) is 0.529. The molecule has 0 bridgehead atoms. The molecule has 0 amide bonds. The monoisotopic (exact) mass is 239 g/mol. The fourth-order valence-corrected chi connectivity index (χ4v) is 1.26. The molecule has 0 spiro atoms. The molecule has 5 nitrogen and oxygen atoms in total. The molecule has 0 aromatic heterocycles. The Hall–Kier alpha value is -1.62. The number of benzene rings is 1. The molecule has 1 aromatic rings. The molecule has 0 heterocycles. The Morgan fingerprint density at radius 1 is 1.53 bits per heavy atom. The van der Waals surface area contributed by atoms with Crippen LogP contribution in [0.3, 0.4) is 0 Å². The normalized spacial score (nSPS) is 14.1. The van der Waals surface area contributed by atoms with E-state index in [-0.39, 0.29) is 12.3 Å². The van der Waals surface area contributed by atoms with Crippen LogP contribution in [0.5, 0.6) is 5.75 Å². The zero-order chi connectivity index (χ0) is 13.1. The number of aliphatic hydroxyl groups is 1. The molecule has 1 aromatic carbocycles. The van der Waals surface area contributed by atoms with Crippen molar-refractivity contribution in [2.45, 2.75) is 32.8 Å². The van der Waals surface area contributed by atoms with Crippen LogP contribution in [0.2, 0.25) is 0 Å². The highest BCUT2D eigenvalue weighted by Crippen LogP contribution is 2.23. The van der Waals surface area contributed by atoms with Crippen molar-refractivity contribution in [1.29, 1.82) is 0 Å². The molecule has 17 heavy (non-hydrogen) atoms. The number of nitro benzene ring substituents is 1. The molecule has 0 saturated carbocycles. The highest BCUT2D eigenvalue weighted by molar-refractivity contribution is 5.44. The van der Waals surface area contributed by atoms with Crippen molar-refractivity contribution < 1.29 is 14.8 Å². The van der Waals surface area contributed by atoms with Crippen LogP contribution >= 0.6 is 0 Å². The van der Waals surface area contributed by atoms with Gasteiger partial charge in [0.15, 0.2) is 0 Å². The van der Waals surface area contributed by atoms with Crippen LogP contribution in [-0.4, -0.2) is 22.2 Å². The fraction of sp³-hybridized carbons (Fsp3) is 0.500. The summed E-state index contributed by atoms with van der Waals surface area (Å²) >= 11 is 0. The minimum atomic E-state index is -0.879. The van der Waals surface area contributed by atoms with Gasteiger partial charge in [-0.1, -0.05) is 6.92 Å². The summed E-state index contributed by atoms with van der Waals surface area (Å²) in [6.45, 7) is 5.37. The van der Waals surface area contributed by atoms with Crippen LogP contribution in [-0.2, 0) is 0 Å². The minimum Gasteiger partial charge on any atom is -0.491 e. The van der Waals surface area contributed by atoms with E-state index in [0.717, 1.165) is 0 Å². The van der Waals surface area contributed by atoms with E-state index in [1.807, 2.05) is 6.92 Å². The van der Waals surface area contributed by atoms with Gasteiger partial charge >= 0.3 is 0 Å². The van der Waals surface area contributed by atoms with Crippen LogP contribution in [0.1, 0.15) is 25.8 Å². The predicted molar refractivity (Wildman–Crippen MR) is 64.2 cm³/mol. The average Bonchev–Trinajstić information content (AvgIpc) is 2.26. The van der Waals surface area contributed by atoms with E-state index < -0.39 is 10.5 Å². The van der Waals surface area contributed by atoms with E-state index in [4.69, 9.17) is 4.74 Å². The third-order valence-corrected chi connectivity index (χ3v) is 2.68. The lowest BCUT2D eigenvalue weighted by atomic mass is 10.1. The largest absolute Gasteiger partial charge is 0.491 e. The standard InChI is InChI=1S/C12H17NO4/c1-4-12(3,14)8-17-10-5-6-11(13(15)16)9(2)7-10/h5-7,14H,4,8H2,1-3H3. The quantitative estimate of drug-likeness (QED) is 0.632. The molecule has 1 atom stereocenters. The lowest BCUT2D eigenvalue weighted by Gasteiger charge is -2.21. The van der Waals surface area contributed by atoms with Gasteiger partial charge in [-0.15, -0.1) is 0 Å². The third-order valence-electron chi connectivity index (χ3n) is 2.68. The van der Waals surface area contributed by atoms with E-state index >= 15 is 0 Å². The Kier molecular flexibility index (Phi) is 4.07. The number of nitrogens with zero attached hydrogens (tertiary/aromatic N) is 1. The van der Waals surface area contributed by atoms with Gasteiger partial charge in [0.2, 0.25) is 0 Å². The summed E-state index contributed by atoms with van der Waals surface area (Å²) in [5.41, 5.74) is -0.265. The Morgan fingerprint density at radius 2 is 2.18 bits per heavy atom. The van der Waals surface area contributed by atoms with Crippen molar-refractivity contribution in [1.82, 2.24) is 0 Å². The predicted octanol–water partition coefficient (Wildman–Crippen LogP) is 2.44. The van der Waals surface area contributed by atoms with Gasteiger partial charge in [0.05, 0.1) is 10.5 Å². The minimum absolute atomic E-state index is 0.0691. The van der Waals surface area contributed by atoms with Crippen molar-refractivity contribution >= 4 is 5.69 Å². The van der Waals surface area contributed by atoms with Gasteiger partial charge in [-0.25, -0.2) is 0 Å². The van der Waals surface area contributed by atoms with Crippen LogP contribution < -0.4 is 4.74 Å². The van der Waals surface area contributed by atoms with Crippen molar-refractivity contribution in [3.63, 3.8) is 0 Å². The maximum Gasteiger partial charge on any atom is 0.272 e. The molecular weight excluding hydrogens is 222 g/mol. The molecule has 1 unspecified atom stereocenters. The summed E-state index contributed by atoms with van der Waals surface area (Å²) in [5, 5.41) is 20.4.